The van der Waals surface area contributed by atoms with Crippen LogP contribution < -0.4 is 5.32 Å². The molecule has 2 aromatic heterocycles. The van der Waals surface area contributed by atoms with E-state index in [4.69, 9.17) is 0 Å². The topological polar surface area (TPSA) is 54.9 Å². The van der Waals surface area contributed by atoms with Crippen molar-refractivity contribution in [3.63, 3.8) is 0 Å². The molecule has 0 atom stereocenters. The van der Waals surface area contributed by atoms with Gasteiger partial charge < -0.3 is 5.32 Å². The highest BCUT2D eigenvalue weighted by molar-refractivity contribution is 8.01. The van der Waals surface area contributed by atoms with E-state index in [2.05, 4.69) is 15.3 Å². The van der Waals surface area contributed by atoms with E-state index >= 15 is 0 Å². The fraction of sp³-hybridized carbons (Fsp3) is 0.182. The van der Waals surface area contributed by atoms with Gasteiger partial charge in [-0.2, -0.15) is 0 Å². The summed E-state index contributed by atoms with van der Waals surface area (Å²) in [6.45, 7) is 1.52. The zero-order valence-corrected chi connectivity index (χ0v) is 11.1. The largest absolute Gasteiger partial charge is 0.365 e. The van der Waals surface area contributed by atoms with E-state index in [0.717, 1.165) is 14.2 Å². The molecule has 2 aromatic rings. The SMILES string of the molecule is CNc1ncc(Sc2ccnc(C(C)=O)c2)s1. The number of anilines is 1. The Morgan fingerprint density at radius 2 is 2.29 bits per heavy atom. The number of carbonyl (C=O) groups is 1. The van der Waals surface area contributed by atoms with Gasteiger partial charge in [0.05, 0.1) is 10.4 Å². The molecule has 1 N–H and O–H groups in total. The van der Waals surface area contributed by atoms with Crippen LogP contribution in [-0.2, 0) is 0 Å². The molecule has 0 fully saturated rings. The van der Waals surface area contributed by atoms with Gasteiger partial charge in [-0.25, -0.2) is 4.98 Å². The van der Waals surface area contributed by atoms with Crippen LogP contribution in [0.5, 0.6) is 0 Å². The summed E-state index contributed by atoms with van der Waals surface area (Å²) < 4.78 is 1.08. The molecule has 6 heteroatoms. The second kappa shape index (κ2) is 5.29. The number of hydrogen-bond donors (Lipinski definition) is 1. The van der Waals surface area contributed by atoms with Crippen LogP contribution in [0.25, 0.3) is 0 Å². The quantitative estimate of drug-likeness (QED) is 0.861. The number of hydrogen-bond acceptors (Lipinski definition) is 6. The molecule has 0 unspecified atom stereocenters. The summed E-state index contributed by atoms with van der Waals surface area (Å²) in [7, 11) is 1.84. The number of thiazole rings is 1. The fourth-order valence-electron chi connectivity index (χ4n) is 1.21. The van der Waals surface area contributed by atoms with Gasteiger partial charge in [-0.3, -0.25) is 9.78 Å². The third-order valence-electron chi connectivity index (χ3n) is 2.01. The smallest absolute Gasteiger partial charge is 0.183 e. The van der Waals surface area contributed by atoms with Crippen LogP contribution in [0.4, 0.5) is 5.13 Å². The Hall–Kier alpha value is -1.40. The molecule has 17 heavy (non-hydrogen) atoms. The maximum absolute atomic E-state index is 11.2. The summed E-state index contributed by atoms with van der Waals surface area (Å²) in [5.41, 5.74) is 0.494. The summed E-state index contributed by atoms with van der Waals surface area (Å²) in [5, 5.41) is 3.87. The summed E-state index contributed by atoms with van der Waals surface area (Å²) in [5.74, 6) is -0.0207. The van der Waals surface area contributed by atoms with Crippen molar-refractivity contribution in [3.8, 4) is 0 Å². The Morgan fingerprint density at radius 3 is 2.94 bits per heavy atom. The minimum atomic E-state index is -0.0207. The monoisotopic (exact) mass is 265 g/mol. The molecule has 0 amide bonds. The van der Waals surface area contributed by atoms with E-state index in [1.165, 1.54) is 6.92 Å². The lowest BCUT2D eigenvalue weighted by Gasteiger charge is -1.99. The van der Waals surface area contributed by atoms with Crippen LogP contribution in [0.2, 0.25) is 0 Å². The van der Waals surface area contributed by atoms with Gasteiger partial charge in [-0.15, -0.1) is 0 Å². The van der Waals surface area contributed by atoms with Crippen molar-refractivity contribution in [3.05, 3.63) is 30.2 Å². The first-order chi connectivity index (χ1) is 8.19. The third kappa shape index (κ3) is 3.04. The maximum Gasteiger partial charge on any atom is 0.183 e. The van der Waals surface area contributed by atoms with Crippen molar-refractivity contribution in [1.29, 1.82) is 0 Å². The molecule has 0 aliphatic carbocycles. The minimum absolute atomic E-state index is 0.0207. The van der Waals surface area contributed by atoms with E-state index in [0.29, 0.717) is 5.69 Å². The van der Waals surface area contributed by atoms with Gasteiger partial charge in [0.25, 0.3) is 0 Å². The molecule has 2 heterocycles. The Labute approximate surface area is 107 Å². The molecular formula is C11H11N3OS2. The van der Waals surface area contributed by atoms with E-state index in [1.54, 1.807) is 35.4 Å². The van der Waals surface area contributed by atoms with Crippen LogP contribution in [0.15, 0.2) is 33.6 Å². The van der Waals surface area contributed by atoms with E-state index in [1.807, 2.05) is 19.3 Å². The highest BCUT2D eigenvalue weighted by atomic mass is 32.2. The molecule has 0 saturated heterocycles. The van der Waals surface area contributed by atoms with Crippen LogP contribution in [0.1, 0.15) is 17.4 Å². The van der Waals surface area contributed by atoms with Gasteiger partial charge in [0.1, 0.15) is 5.69 Å². The summed E-state index contributed by atoms with van der Waals surface area (Å²) in [4.78, 5) is 20.4. The highest BCUT2D eigenvalue weighted by Gasteiger charge is 2.06. The molecule has 0 aliphatic rings. The Morgan fingerprint density at radius 1 is 1.47 bits per heavy atom. The second-order valence-corrected chi connectivity index (χ2v) is 5.67. The van der Waals surface area contributed by atoms with Crippen molar-refractivity contribution in [2.75, 3.05) is 12.4 Å². The molecule has 2 rings (SSSR count). The van der Waals surface area contributed by atoms with Crippen LogP contribution >= 0.6 is 23.1 Å². The molecular weight excluding hydrogens is 254 g/mol. The van der Waals surface area contributed by atoms with Gasteiger partial charge >= 0.3 is 0 Å². The number of carbonyl (C=O) groups excluding carboxylic acids is 1. The zero-order chi connectivity index (χ0) is 12.3. The van der Waals surface area contributed by atoms with Gasteiger partial charge in [0.15, 0.2) is 10.9 Å². The second-order valence-electron chi connectivity index (χ2n) is 3.27. The lowest BCUT2D eigenvalue weighted by molar-refractivity contribution is 0.101. The molecule has 0 saturated carbocycles. The van der Waals surface area contributed by atoms with Gasteiger partial charge in [0.2, 0.25) is 0 Å². The number of nitrogens with one attached hydrogen (secondary N) is 1. The Balaban J connectivity index is 2.18. The first-order valence-electron chi connectivity index (χ1n) is 4.97. The average Bonchev–Trinajstić information content (AvgIpc) is 2.77. The van der Waals surface area contributed by atoms with Gasteiger partial charge in [-0.1, -0.05) is 23.1 Å². The molecule has 0 aliphatic heterocycles. The predicted octanol–water partition coefficient (Wildman–Crippen LogP) is 2.93. The lowest BCUT2D eigenvalue weighted by atomic mass is 10.3. The normalized spacial score (nSPS) is 10.2. The Bertz CT molecular complexity index is 539. The molecule has 0 aromatic carbocycles. The van der Waals surface area contributed by atoms with Crippen molar-refractivity contribution >= 4 is 34.0 Å². The zero-order valence-electron chi connectivity index (χ0n) is 9.43. The van der Waals surface area contributed by atoms with Crippen LogP contribution in [0.3, 0.4) is 0 Å². The minimum Gasteiger partial charge on any atom is -0.365 e. The lowest BCUT2D eigenvalue weighted by Crippen LogP contribution is -1.95. The maximum atomic E-state index is 11.2. The Kier molecular flexibility index (Phi) is 3.75. The average molecular weight is 265 g/mol. The number of nitrogens with zero attached hydrogens (tertiary/aromatic N) is 2. The van der Waals surface area contributed by atoms with Crippen LogP contribution in [-0.4, -0.2) is 22.8 Å². The van der Waals surface area contributed by atoms with E-state index < -0.39 is 0 Å². The number of ketones is 1. The van der Waals surface area contributed by atoms with Crippen molar-refractivity contribution in [1.82, 2.24) is 9.97 Å². The van der Waals surface area contributed by atoms with Crippen molar-refractivity contribution in [2.45, 2.75) is 16.0 Å². The summed E-state index contributed by atoms with van der Waals surface area (Å²) >= 11 is 3.16. The van der Waals surface area contributed by atoms with Crippen molar-refractivity contribution in [2.24, 2.45) is 0 Å². The number of aromatic nitrogens is 2. The standard InChI is InChI=1S/C11H11N3OS2/c1-7(15)9-5-8(3-4-13-9)16-10-6-14-11(12-2)17-10/h3-6H,1-2H3,(H,12,14). The summed E-state index contributed by atoms with van der Waals surface area (Å²) in [6.07, 6.45) is 3.47. The van der Waals surface area contributed by atoms with Crippen molar-refractivity contribution < 1.29 is 4.79 Å². The molecule has 0 radical (unpaired) electrons. The predicted molar refractivity (Wildman–Crippen MR) is 70.0 cm³/mol. The number of pyridine rings is 1. The van der Waals surface area contributed by atoms with Gasteiger partial charge in [-0.05, 0) is 12.1 Å². The summed E-state index contributed by atoms with van der Waals surface area (Å²) in [6, 6.07) is 3.68. The van der Waals surface area contributed by atoms with E-state index in [-0.39, 0.29) is 5.78 Å². The number of rotatable bonds is 4. The molecule has 88 valence electrons. The first-order valence-corrected chi connectivity index (χ1v) is 6.61. The molecule has 0 spiro atoms. The number of Topliss-reactive ketones (excluding diaryl/α,β-unsaturated/α-hetero) is 1. The highest BCUT2D eigenvalue weighted by Crippen LogP contribution is 2.33. The fourth-order valence-corrected chi connectivity index (χ4v) is 3.04. The molecule has 4 nitrogen and oxygen atoms in total. The molecule has 0 bridgehead atoms. The first kappa shape index (κ1) is 12.1. The third-order valence-corrected chi connectivity index (χ3v) is 4.11. The van der Waals surface area contributed by atoms with Crippen LogP contribution in [0, 0.1) is 0 Å². The van der Waals surface area contributed by atoms with E-state index in [9.17, 15) is 4.79 Å². The van der Waals surface area contributed by atoms with Gasteiger partial charge in [0, 0.05) is 25.1 Å².